The number of hydrogen-bond donors (Lipinski definition) is 1. The molecule has 1 fully saturated rings. The monoisotopic (exact) mass is 483 g/mol. The van der Waals surface area contributed by atoms with Crippen molar-refractivity contribution in [3.63, 3.8) is 0 Å². The zero-order valence-electron chi connectivity index (χ0n) is 15.7. The van der Waals surface area contributed by atoms with E-state index in [2.05, 4.69) is 37.0 Å². The Balaban J connectivity index is 0.00000261. The minimum absolute atomic E-state index is 0. The van der Waals surface area contributed by atoms with Gasteiger partial charge in [-0.2, -0.15) is 0 Å². The fourth-order valence-corrected chi connectivity index (χ4v) is 2.89. The molecule has 1 aliphatic rings. The Hall–Kier alpha value is -2.17. The number of guanidine groups is 1. The van der Waals surface area contributed by atoms with Gasteiger partial charge in [-0.1, -0.05) is 6.07 Å². The molecule has 0 amide bonds. The van der Waals surface area contributed by atoms with Gasteiger partial charge in [0, 0.05) is 56.9 Å². The topological polar surface area (TPSA) is 78.8 Å². The second-order valence-corrected chi connectivity index (χ2v) is 5.86. The van der Waals surface area contributed by atoms with Crippen LogP contribution in [0, 0.1) is 0 Å². The maximum atomic E-state index is 5.31. The molecule has 0 aliphatic carbocycles. The van der Waals surface area contributed by atoms with Crippen LogP contribution in [0.15, 0.2) is 41.8 Å². The zero-order chi connectivity index (χ0) is 18.2. The van der Waals surface area contributed by atoms with Gasteiger partial charge in [-0.15, -0.1) is 24.0 Å². The number of halogens is 1. The van der Waals surface area contributed by atoms with Crippen molar-refractivity contribution in [3.8, 4) is 5.88 Å². The molecule has 2 aromatic heterocycles. The molecular weight excluding hydrogens is 457 g/mol. The van der Waals surface area contributed by atoms with E-state index in [4.69, 9.17) is 9.73 Å². The van der Waals surface area contributed by atoms with Gasteiger partial charge >= 0.3 is 0 Å². The molecule has 0 radical (unpaired) electrons. The maximum Gasteiger partial charge on any atom is 0.225 e. The zero-order valence-corrected chi connectivity index (χ0v) is 18.0. The van der Waals surface area contributed by atoms with Gasteiger partial charge in [0.1, 0.15) is 0 Å². The highest BCUT2D eigenvalue weighted by atomic mass is 127. The quantitative estimate of drug-likeness (QED) is 0.395. The Morgan fingerprint density at radius 3 is 2.48 bits per heavy atom. The summed E-state index contributed by atoms with van der Waals surface area (Å²) in [7, 11) is 1.63. The highest BCUT2D eigenvalue weighted by Crippen LogP contribution is 2.15. The van der Waals surface area contributed by atoms with Crippen molar-refractivity contribution in [2.45, 2.75) is 13.5 Å². The largest absolute Gasteiger partial charge is 0.481 e. The lowest BCUT2D eigenvalue weighted by Gasteiger charge is -2.36. The molecule has 3 heterocycles. The summed E-state index contributed by atoms with van der Waals surface area (Å²) in [5.41, 5.74) is 0.974. The number of ether oxygens (including phenoxy) is 1. The van der Waals surface area contributed by atoms with Gasteiger partial charge in [-0.3, -0.25) is 0 Å². The van der Waals surface area contributed by atoms with Crippen LogP contribution in [-0.2, 0) is 6.54 Å². The van der Waals surface area contributed by atoms with E-state index in [1.54, 1.807) is 25.7 Å². The number of pyridine rings is 1. The number of rotatable bonds is 5. The molecule has 27 heavy (non-hydrogen) atoms. The molecule has 9 heteroatoms. The third kappa shape index (κ3) is 5.65. The molecule has 2 aromatic rings. The first-order valence-electron chi connectivity index (χ1n) is 8.85. The van der Waals surface area contributed by atoms with Crippen molar-refractivity contribution in [1.82, 2.24) is 25.2 Å². The third-order valence-corrected chi connectivity index (χ3v) is 4.19. The van der Waals surface area contributed by atoms with Crippen molar-refractivity contribution >= 4 is 35.9 Å². The van der Waals surface area contributed by atoms with Crippen LogP contribution in [0.2, 0.25) is 0 Å². The van der Waals surface area contributed by atoms with Crippen LogP contribution < -0.4 is 15.0 Å². The first-order chi connectivity index (χ1) is 12.8. The number of aliphatic imine (C=N–C) groups is 1. The average molecular weight is 483 g/mol. The molecule has 3 rings (SSSR count). The summed E-state index contributed by atoms with van der Waals surface area (Å²) in [4.78, 5) is 22.1. The third-order valence-electron chi connectivity index (χ3n) is 4.19. The van der Waals surface area contributed by atoms with E-state index in [1.165, 1.54) is 0 Å². The Bertz CT molecular complexity index is 721. The van der Waals surface area contributed by atoms with Crippen LogP contribution in [0.1, 0.15) is 12.5 Å². The highest BCUT2D eigenvalue weighted by Gasteiger charge is 2.21. The second-order valence-electron chi connectivity index (χ2n) is 5.86. The molecule has 1 saturated heterocycles. The SMILES string of the molecule is CCNC(=NCc1cccnc1OC)N1CCN(c2ncccn2)CC1.I. The van der Waals surface area contributed by atoms with E-state index in [9.17, 15) is 0 Å². The van der Waals surface area contributed by atoms with Crippen LogP contribution >= 0.6 is 24.0 Å². The van der Waals surface area contributed by atoms with E-state index in [0.717, 1.165) is 50.2 Å². The number of methoxy groups -OCH3 is 1. The van der Waals surface area contributed by atoms with Crippen molar-refractivity contribution in [2.75, 3.05) is 44.7 Å². The molecule has 8 nitrogen and oxygen atoms in total. The van der Waals surface area contributed by atoms with E-state index >= 15 is 0 Å². The molecule has 0 bridgehead atoms. The van der Waals surface area contributed by atoms with Gasteiger partial charge in [-0.05, 0) is 19.1 Å². The summed E-state index contributed by atoms with van der Waals surface area (Å²) in [6, 6.07) is 5.73. The lowest BCUT2D eigenvalue weighted by Crippen LogP contribution is -2.52. The van der Waals surface area contributed by atoms with E-state index in [0.29, 0.717) is 12.4 Å². The highest BCUT2D eigenvalue weighted by molar-refractivity contribution is 14.0. The second kappa shape index (κ2) is 10.9. The van der Waals surface area contributed by atoms with Crippen LogP contribution in [0.5, 0.6) is 5.88 Å². The fourth-order valence-electron chi connectivity index (χ4n) is 2.89. The number of nitrogens with one attached hydrogen (secondary N) is 1. The van der Waals surface area contributed by atoms with Gasteiger partial charge in [0.2, 0.25) is 11.8 Å². The van der Waals surface area contributed by atoms with Crippen LogP contribution in [0.3, 0.4) is 0 Å². The number of piperazine rings is 1. The smallest absolute Gasteiger partial charge is 0.225 e. The Morgan fingerprint density at radius 1 is 1.11 bits per heavy atom. The lowest BCUT2D eigenvalue weighted by molar-refractivity contribution is 0.369. The Kier molecular flexibility index (Phi) is 8.49. The molecule has 0 saturated carbocycles. The van der Waals surface area contributed by atoms with Crippen molar-refractivity contribution in [2.24, 2.45) is 4.99 Å². The normalized spacial score (nSPS) is 14.5. The summed E-state index contributed by atoms with van der Waals surface area (Å²) in [6.07, 6.45) is 5.28. The Morgan fingerprint density at radius 2 is 1.81 bits per heavy atom. The number of aromatic nitrogens is 3. The van der Waals surface area contributed by atoms with E-state index < -0.39 is 0 Å². The van der Waals surface area contributed by atoms with Crippen molar-refractivity contribution in [1.29, 1.82) is 0 Å². The minimum Gasteiger partial charge on any atom is -0.481 e. The first-order valence-corrected chi connectivity index (χ1v) is 8.85. The number of hydrogen-bond acceptors (Lipinski definition) is 6. The molecule has 1 aliphatic heterocycles. The van der Waals surface area contributed by atoms with Crippen LogP contribution in [0.25, 0.3) is 0 Å². The van der Waals surface area contributed by atoms with Gasteiger partial charge in [0.15, 0.2) is 5.96 Å². The fraction of sp³-hybridized carbons (Fsp3) is 0.444. The van der Waals surface area contributed by atoms with E-state index in [1.807, 2.05) is 18.2 Å². The molecule has 0 spiro atoms. The number of nitrogens with zero attached hydrogens (tertiary/aromatic N) is 6. The Labute approximate surface area is 177 Å². The summed E-state index contributed by atoms with van der Waals surface area (Å²) in [5.74, 6) is 2.32. The standard InChI is InChI=1S/C18H25N7O.HI/c1-3-19-17(23-14-15-6-4-7-20-16(15)26-2)24-10-12-25(13-11-24)18-21-8-5-9-22-18;/h4-9H,3,10-14H2,1-2H3,(H,19,23);1H. The lowest BCUT2D eigenvalue weighted by atomic mass is 10.3. The van der Waals surface area contributed by atoms with Crippen LogP contribution in [-0.4, -0.2) is 65.6 Å². The van der Waals surface area contributed by atoms with Crippen molar-refractivity contribution in [3.05, 3.63) is 42.4 Å². The predicted octanol–water partition coefficient (Wildman–Crippen LogP) is 1.79. The van der Waals surface area contributed by atoms with Crippen molar-refractivity contribution < 1.29 is 4.74 Å². The molecule has 0 atom stereocenters. The van der Waals surface area contributed by atoms with Crippen LogP contribution in [0.4, 0.5) is 5.95 Å². The molecule has 146 valence electrons. The van der Waals surface area contributed by atoms with Gasteiger partial charge < -0.3 is 19.9 Å². The van der Waals surface area contributed by atoms with Gasteiger partial charge in [0.25, 0.3) is 0 Å². The molecule has 0 unspecified atom stereocenters. The summed E-state index contributed by atoms with van der Waals surface area (Å²) < 4.78 is 5.31. The number of anilines is 1. The molecular formula is C18H26IN7O. The summed E-state index contributed by atoms with van der Waals surface area (Å²) in [6.45, 7) is 6.90. The maximum absolute atomic E-state index is 5.31. The average Bonchev–Trinajstić information content (AvgIpc) is 2.72. The molecule has 0 aromatic carbocycles. The van der Waals surface area contributed by atoms with E-state index in [-0.39, 0.29) is 24.0 Å². The summed E-state index contributed by atoms with van der Waals surface area (Å²) in [5, 5.41) is 3.38. The minimum atomic E-state index is 0. The van der Waals surface area contributed by atoms with Gasteiger partial charge in [0.05, 0.1) is 13.7 Å². The van der Waals surface area contributed by atoms with Gasteiger partial charge in [-0.25, -0.2) is 19.9 Å². The molecule has 1 N–H and O–H groups in total. The predicted molar refractivity (Wildman–Crippen MR) is 117 cm³/mol. The summed E-state index contributed by atoms with van der Waals surface area (Å²) >= 11 is 0. The first kappa shape index (κ1) is 21.1.